The van der Waals surface area contributed by atoms with Crippen molar-refractivity contribution in [3.8, 4) is 16.9 Å². The van der Waals surface area contributed by atoms with Crippen LogP contribution in [0.4, 0.5) is 5.82 Å². The molecule has 0 unspecified atom stereocenters. The molecule has 3 aromatic rings. The number of nitrogens with zero attached hydrogens (tertiary/aromatic N) is 2. The molecule has 0 amide bonds. The molecule has 7 nitrogen and oxygen atoms in total. The number of primary sulfonamides is 1. The van der Waals surface area contributed by atoms with E-state index in [4.69, 9.17) is 15.3 Å². The summed E-state index contributed by atoms with van der Waals surface area (Å²) in [5.74, 6) is 2.07. The highest BCUT2D eigenvalue weighted by atomic mass is 32.2. The average molecular weight is 374 g/mol. The van der Waals surface area contributed by atoms with E-state index >= 15 is 0 Å². The first kappa shape index (κ1) is 18.2. The van der Waals surface area contributed by atoms with E-state index < -0.39 is 10.0 Å². The highest BCUT2D eigenvalue weighted by Crippen LogP contribution is 2.33. The van der Waals surface area contributed by atoms with Crippen molar-refractivity contribution in [3.63, 3.8) is 0 Å². The van der Waals surface area contributed by atoms with Gasteiger partial charge in [0.25, 0.3) is 0 Å². The molecular weight excluding hydrogens is 352 g/mol. The van der Waals surface area contributed by atoms with E-state index in [-0.39, 0.29) is 10.3 Å². The Balaban J connectivity index is 2.02. The van der Waals surface area contributed by atoms with Gasteiger partial charge in [-0.15, -0.1) is 0 Å². The zero-order chi connectivity index (χ0) is 19.3. The van der Waals surface area contributed by atoms with Gasteiger partial charge in [0, 0.05) is 17.0 Å². The zero-order valence-electron chi connectivity index (χ0n) is 15.1. The largest absolute Gasteiger partial charge is 0.465 e. The van der Waals surface area contributed by atoms with E-state index in [0.717, 1.165) is 17.1 Å². The first-order valence-corrected chi connectivity index (χ1v) is 9.61. The van der Waals surface area contributed by atoms with Gasteiger partial charge in [-0.05, 0) is 37.3 Å². The standard InChI is InChI=1S/C18H22N4O3S/c1-11-14(9-16(25-11)18(2,3)4)15-10-17(19)22(21-15)12-5-7-13(8-6-12)26(20,23)24/h5-10H,19H2,1-4H3,(H2,20,23,24). The quantitative estimate of drug-likeness (QED) is 0.731. The van der Waals surface area contributed by atoms with Crippen LogP contribution in [0.25, 0.3) is 16.9 Å². The smallest absolute Gasteiger partial charge is 0.238 e. The summed E-state index contributed by atoms with van der Waals surface area (Å²) < 4.78 is 30.2. The van der Waals surface area contributed by atoms with Crippen LogP contribution in [-0.4, -0.2) is 18.2 Å². The number of hydrogen-bond donors (Lipinski definition) is 2. The van der Waals surface area contributed by atoms with Crippen molar-refractivity contribution in [2.45, 2.75) is 38.0 Å². The van der Waals surface area contributed by atoms with Gasteiger partial charge >= 0.3 is 0 Å². The minimum atomic E-state index is -3.74. The first-order valence-electron chi connectivity index (χ1n) is 8.07. The third-order valence-corrected chi connectivity index (χ3v) is 5.01. The topological polar surface area (TPSA) is 117 Å². The van der Waals surface area contributed by atoms with Crippen molar-refractivity contribution in [3.05, 3.63) is 47.9 Å². The van der Waals surface area contributed by atoms with E-state index in [9.17, 15) is 8.42 Å². The molecule has 0 atom stereocenters. The highest BCUT2D eigenvalue weighted by molar-refractivity contribution is 7.89. The third kappa shape index (κ3) is 3.38. The van der Waals surface area contributed by atoms with Crippen LogP contribution >= 0.6 is 0 Å². The average Bonchev–Trinajstić information content (AvgIpc) is 3.09. The van der Waals surface area contributed by atoms with Crippen molar-refractivity contribution in [1.29, 1.82) is 0 Å². The second kappa shape index (κ2) is 6.00. The molecule has 8 heteroatoms. The summed E-state index contributed by atoms with van der Waals surface area (Å²) in [4.78, 5) is 0.0349. The molecule has 2 aromatic heterocycles. The van der Waals surface area contributed by atoms with Crippen LogP contribution in [0.2, 0.25) is 0 Å². The molecule has 4 N–H and O–H groups in total. The van der Waals surface area contributed by atoms with Gasteiger partial charge in [-0.2, -0.15) is 5.10 Å². The fourth-order valence-electron chi connectivity index (χ4n) is 2.62. The number of nitrogens with two attached hydrogens (primary N) is 2. The molecule has 0 aliphatic rings. The van der Waals surface area contributed by atoms with Crippen molar-refractivity contribution < 1.29 is 12.8 Å². The Hall–Kier alpha value is -2.58. The van der Waals surface area contributed by atoms with E-state index in [1.165, 1.54) is 12.1 Å². The number of aromatic nitrogens is 2. The Morgan fingerprint density at radius 2 is 1.73 bits per heavy atom. The van der Waals surface area contributed by atoms with Gasteiger partial charge in [0.1, 0.15) is 17.3 Å². The highest BCUT2D eigenvalue weighted by Gasteiger charge is 2.22. The number of anilines is 1. The Kier molecular flexibility index (Phi) is 4.20. The van der Waals surface area contributed by atoms with Crippen LogP contribution in [0, 0.1) is 6.92 Å². The summed E-state index contributed by atoms with van der Waals surface area (Å²) in [6.45, 7) is 8.12. The van der Waals surface area contributed by atoms with Crippen molar-refractivity contribution in [2.24, 2.45) is 5.14 Å². The Labute approximate surface area is 152 Å². The second-order valence-electron chi connectivity index (χ2n) is 7.24. The molecule has 0 aliphatic carbocycles. The number of aryl methyl sites for hydroxylation is 1. The maximum atomic E-state index is 11.4. The summed E-state index contributed by atoms with van der Waals surface area (Å²) in [7, 11) is -3.74. The zero-order valence-corrected chi connectivity index (χ0v) is 16.0. The van der Waals surface area contributed by atoms with Crippen LogP contribution < -0.4 is 10.9 Å². The van der Waals surface area contributed by atoms with Gasteiger partial charge in [0.05, 0.1) is 16.3 Å². The first-order chi connectivity index (χ1) is 12.0. The second-order valence-corrected chi connectivity index (χ2v) is 8.80. The molecular formula is C18H22N4O3S. The lowest BCUT2D eigenvalue weighted by atomic mass is 9.93. The molecule has 0 fully saturated rings. The molecule has 0 spiro atoms. The number of benzene rings is 1. The molecule has 2 heterocycles. The molecule has 26 heavy (non-hydrogen) atoms. The van der Waals surface area contributed by atoms with E-state index in [1.54, 1.807) is 22.9 Å². The molecule has 1 aromatic carbocycles. The number of rotatable bonds is 3. The number of hydrogen-bond acceptors (Lipinski definition) is 5. The Bertz CT molecular complexity index is 1060. The lowest BCUT2D eigenvalue weighted by Crippen LogP contribution is -2.12. The predicted octanol–water partition coefficient (Wildman–Crippen LogP) is 2.97. The molecule has 3 rings (SSSR count). The van der Waals surface area contributed by atoms with Gasteiger partial charge < -0.3 is 10.2 Å². The van der Waals surface area contributed by atoms with Gasteiger partial charge in [0.15, 0.2) is 0 Å². The monoisotopic (exact) mass is 374 g/mol. The molecule has 138 valence electrons. The van der Waals surface area contributed by atoms with Crippen LogP contribution in [0.3, 0.4) is 0 Å². The summed E-state index contributed by atoms with van der Waals surface area (Å²) >= 11 is 0. The van der Waals surface area contributed by atoms with Crippen molar-refractivity contribution in [2.75, 3.05) is 5.73 Å². The normalized spacial score (nSPS) is 12.5. The lowest BCUT2D eigenvalue weighted by molar-refractivity contribution is 0.396. The summed E-state index contributed by atoms with van der Waals surface area (Å²) in [5.41, 5.74) is 8.20. The van der Waals surface area contributed by atoms with E-state index in [1.807, 2.05) is 13.0 Å². The third-order valence-electron chi connectivity index (χ3n) is 4.08. The van der Waals surface area contributed by atoms with Crippen LogP contribution in [0.15, 0.2) is 45.7 Å². The molecule has 0 saturated carbocycles. The Morgan fingerprint density at radius 1 is 1.12 bits per heavy atom. The van der Waals surface area contributed by atoms with Crippen LogP contribution in [0.5, 0.6) is 0 Å². The minimum Gasteiger partial charge on any atom is -0.465 e. The summed E-state index contributed by atoms with van der Waals surface area (Å²) in [5, 5.41) is 9.67. The van der Waals surface area contributed by atoms with Crippen LogP contribution in [0.1, 0.15) is 32.3 Å². The number of furan rings is 1. The molecule has 0 radical (unpaired) electrons. The fraction of sp³-hybridized carbons (Fsp3) is 0.278. The van der Waals surface area contributed by atoms with Crippen molar-refractivity contribution >= 4 is 15.8 Å². The number of nitrogen functional groups attached to an aromatic ring is 1. The molecule has 0 bridgehead atoms. The van der Waals surface area contributed by atoms with Gasteiger partial charge in [0.2, 0.25) is 10.0 Å². The lowest BCUT2D eigenvalue weighted by Gasteiger charge is -2.13. The predicted molar refractivity (Wildman–Crippen MR) is 100 cm³/mol. The van der Waals surface area contributed by atoms with E-state index in [0.29, 0.717) is 17.2 Å². The SMILES string of the molecule is Cc1oc(C(C)(C)C)cc1-c1cc(N)n(-c2ccc(S(N)(=O)=O)cc2)n1. The van der Waals surface area contributed by atoms with Gasteiger partial charge in [-0.1, -0.05) is 20.8 Å². The molecule has 0 aliphatic heterocycles. The van der Waals surface area contributed by atoms with Crippen LogP contribution in [-0.2, 0) is 15.4 Å². The Morgan fingerprint density at radius 3 is 2.23 bits per heavy atom. The maximum Gasteiger partial charge on any atom is 0.238 e. The summed E-state index contributed by atoms with van der Waals surface area (Å²) in [6, 6.07) is 9.80. The fourth-order valence-corrected chi connectivity index (χ4v) is 3.13. The molecule has 0 saturated heterocycles. The van der Waals surface area contributed by atoms with Crippen molar-refractivity contribution in [1.82, 2.24) is 9.78 Å². The van der Waals surface area contributed by atoms with E-state index in [2.05, 4.69) is 25.9 Å². The summed E-state index contributed by atoms with van der Waals surface area (Å²) in [6.07, 6.45) is 0. The maximum absolute atomic E-state index is 11.4. The van der Waals surface area contributed by atoms with Gasteiger partial charge in [-0.3, -0.25) is 0 Å². The van der Waals surface area contributed by atoms with Gasteiger partial charge in [-0.25, -0.2) is 18.2 Å². The minimum absolute atomic E-state index is 0.0349. The number of sulfonamides is 1.